The van der Waals surface area contributed by atoms with Crippen LogP contribution < -0.4 is 14.4 Å². The quantitative estimate of drug-likeness (QED) is 0.817. The second-order valence-corrected chi connectivity index (χ2v) is 4.70. The first kappa shape index (κ1) is 15.1. The predicted octanol–water partition coefficient (Wildman–Crippen LogP) is 2.83. The van der Waals surface area contributed by atoms with Crippen LogP contribution in [-0.2, 0) is 6.54 Å². The molecule has 0 N–H and O–H groups in total. The average Bonchev–Trinajstić information content (AvgIpc) is 2.52. The molecule has 0 saturated carbocycles. The Balaban J connectivity index is 2.22. The Labute approximate surface area is 125 Å². The van der Waals surface area contributed by atoms with E-state index in [1.807, 2.05) is 31.2 Å². The van der Waals surface area contributed by atoms with Gasteiger partial charge in [-0.05, 0) is 37.6 Å². The van der Waals surface area contributed by atoms with Gasteiger partial charge in [0.05, 0.1) is 14.2 Å². The molecule has 0 atom stereocenters. The summed E-state index contributed by atoms with van der Waals surface area (Å²) in [6.45, 7) is 5.61. The lowest BCUT2D eigenvalue weighted by Crippen LogP contribution is -2.24. The van der Waals surface area contributed by atoms with Gasteiger partial charge in [0.15, 0.2) is 11.5 Å². The molecule has 0 amide bonds. The summed E-state index contributed by atoms with van der Waals surface area (Å²) in [5.74, 6) is 2.21. The summed E-state index contributed by atoms with van der Waals surface area (Å²) in [5, 5.41) is 0. The summed E-state index contributed by atoms with van der Waals surface area (Å²) < 4.78 is 10.6. The molecule has 0 aliphatic heterocycles. The van der Waals surface area contributed by atoms with Crippen LogP contribution in [-0.4, -0.2) is 30.7 Å². The monoisotopic (exact) mass is 287 g/mol. The van der Waals surface area contributed by atoms with Gasteiger partial charge in [0.25, 0.3) is 0 Å². The van der Waals surface area contributed by atoms with Crippen molar-refractivity contribution in [3.63, 3.8) is 0 Å². The van der Waals surface area contributed by atoms with Gasteiger partial charge in [0.1, 0.15) is 0 Å². The number of ether oxygens (including phenoxy) is 2. The van der Waals surface area contributed by atoms with Gasteiger partial charge in [-0.2, -0.15) is 0 Å². The van der Waals surface area contributed by atoms with Crippen LogP contribution in [0.25, 0.3) is 0 Å². The number of aromatic nitrogens is 2. The Kier molecular flexibility index (Phi) is 4.98. The molecule has 112 valence electrons. The zero-order valence-electron chi connectivity index (χ0n) is 13.0. The van der Waals surface area contributed by atoms with E-state index in [9.17, 15) is 0 Å². The van der Waals surface area contributed by atoms with Crippen LogP contribution in [0.4, 0.5) is 5.95 Å². The van der Waals surface area contributed by atoms with Crippen molar-refractivity contribution in [1.82, 2.24) is 9.97 Å². The van der Waals surface area contributed by atoms with E-state index in [1.165, 1.54) is 0 Å². The average molecular weight is 287 g/mol. The molecule has 0 spiro atoms. The molecule has 2 rings (SSSR count). The molecule has 0 bridgehead atoms. The van der Waals surface area contributed by atoms with Crippen LogP contribution in [0.1, 0.15) is 18.2 Å². The predicted molar refractivity (Wildman–Crippen MR) is 83.0 cm³/mol. The molecule has 1 aromatic carbocycles. The van der Waals surface area contributed by atoms with Crippen molar-refractivity contribution in [2.75, 3.05) is 25.7 Å². The Hall–Kier alpha value is -2.30. The lowest BCUT2D eigenvalue weighted by Gasteiger charge is -2.21. The maximum absolute atomic E-state index is 5.34. The van der Waals surface area contributed by atoms with Crippen LogP contribution in [0.5, 0.6) is 11.5 Å². The number of hydrogen-bond donors (Lipinski definition) is 0. The summed E-state index contributed by atoms with van der Waals surface area (Å²) in [7, 11) is 3.28. The number of benzene rings is 1. The third-order valence-electron chi connectivity index (χ3n) is 3.27. The van der Waals surface area contributed by atoms with E-state index in [2.05, 4.69) is 21.8 Å². The van der Waals surface area contributed by atoms with Gasteiger partial charge in [-0.3, -0.25) is 0 Å². The molecule has 0 fully saturated rings. The fraction of sp³-hybridized carbons (Fsp3) is 0.375. The first-order chi connectivity index (χ1) is 10.2. The second kappa shape index (κ2) is 6.92. The minimum Gasteiger partial charge on any atom is -0.493 e. The maximum atomic E-state index is 5.34. The van der Waals surface area contributed by atoms with Crippen molar-refractivity contribution in [2.24, 2.45) is 0 Å². The molecule has 0 radical (unpaired) electrons. The topological polar surface area (TPSA) is 47.5 Å². The summed E-state index contributed by atoms with van der Waals surface area (Å²) in [6, 6.07) is 7.82. The molecular formula is C16H21N3O2. The third-order valence-corrected chi connectivity index (χ3v) is 3.27. The van der Waals surface area contributed by atoms with Crippen molar-refractivity contribution >= 4 is 5.95 Å². The molecule has 5 nitrogen and oxygen atoms in total. The Morgan fingerprint density at radius 1 is 1.10 bits per heavy atom. The van der Waals surface area contributed by atoms with Crippen molar-refractivity contribution in [3.05, 3.63) is 41.7 Å². The molecule has 1 heterocycles. The molecule has 1 aromatic heterocycles. The SMILES string of the molecule is CCN(Cc1ccc(OC)c(OC)c1)c1nccc(C)n1. The number of anilines is 1. The van der Waals surface area contributed by atoms with Gasteiger partial charge in [0, 0.05) is 25.0 Å². The van der Waals surface area contributed by atoms with Gasteiger partial charge in [-0.1, -0.05) is 6.07 Å². The normalized spacial score (nSPS) is 10.3. The molecule has 0 aliphatic carbocycles. The first-order valence-electron chi connectivity index (χ1n) is 6.93. The van der Waals surface area contributed by atoms with Gasteiger partial charge in [-0.15, -0.1) is 0 Å². The Morgan fingerprint density at radius 2 is 1.86 bits per heavy atom. The fourth-order valence-electron chi connectivity index (χ4n) is 2.11. The molecule has 0 saturated heterocycles. The largest absolute Gasteiger partial charge is 0.493 e. The van der Waals surface area contributed by atoms with E-state index in [0.717, 1.165) is 41.8 Å². The standard InChI is InChI=1S/C16H21N3O2/c1-5-19(16-17-9-8-12(2)18-16)11-13-6-7-14(20-3)15(10-13)21-4/h6-10H,5,11H2,1-4H3. The zero-order chi connectivity index (χ0) is 15.2. The maximum Gasteiger partial charge on any atom is 0.225 e. The van der Waals surface area contributed by atoms with E-state index >= 15 is 0 Å². The van der Waals surface area contributed by atoms with Gasteiger partial charge in [0.2, 0.25) is 5.95 Å². The highest BCUT2D eigenvalue weighted by Gasteiger charge is 2.11. The van der Waals surface area contributed by atoms with Gasteiger partial charge >= 0.3 is 0 Å². The van der Waals surface area contributed by atoms with Crippen molar-refractivity contribution in [1.29, 1.82) is 0 Å². The van der Waals surface area contributed by atoms with Crippen LogP contribution in [0.15, 0.2) is 30.5 Å². The molecular weight excluding hydrogens is 266 g/mol. The van der Waals surface area contributed by atoms with E-state index in [0.29, 0.717) is 0 Å². The van der Waals surface area contributed by atoms with Crippen LogP contribution in [0.3, 0.4) is 0 Å². The minimum absolute atomic E-state index is 0.723. The molecule has 21 heavy (non-hydrogen) atoms. The number of aryl methyl sites for hydroxylation is 1. The smallest absolute Gasteiger partial charge is 0.225 e. The van der Waals surface area contributed by atoms with Gasteiger partial charge in [-0.25, -0.2) is 9.97 Å². The third kappa shape index (κ3) is 3.62. The highest BCUT2D eigenvalue weighted by Crippen LogP contribution is 2.28. The highest BCUT2D eigenvalue weighted by molar-refractivity contribution is 5.44. The summed E-state index contributed by atoms with van der Waals surface area (Å²) >= 11 is 0. The Morgan fingerprint density at radius 3 is 2.48 bits per heavy atom. The van der Waals surface area contributed by atoms with Crippen LogP contribution in [0, 0.1) is 6.92 Å². The highest BCUT2D eigenvalue weighted by atomic mass is 16.5. The van der Waals surface area contributed by atoms with Gasteiger partial charge < -0.3 is 14.4 Å². The number of rotatable bonds is 6. The second-order valence-electron chi connectivity index (χ2n) is 4.70. The summed E-state index contributed by atoms with van der Waals surface area (Å²) in [5.41, 5.74) is 2.09. The molecule has 5 heteroatoms. The first-order valence-corrected chi connectivity index (χ1v) is 6.93. The van der Waals surface area contributed by atoms with Crippen molar-refractivity contribution in [2.45, 2.75) is 20.4 Å². The van der Waals surface area contributed by atoms with Crippen LogP contribution in [0.2, 0.25) is 0 Å². The fourth-order valence-corrected chi connectivity index (χ4v) is 2.11. The van der Waals surface area contributed by atoms with Crippen molar-refractivity contribution < 1.29 is 9.47 Å². The Bertz CT molecular complexity index is 602. The lowest BCUT2D eigenvalue weighted by atomic mass is 10.2. The van der Waals surface area contributed by atoms with E-state index in [4.69, 9.17) is 9.47 Å². The molecule has 0 unspecified atom stereocenters. The zero-order valence-corrected chi connectivity index (χ0v) is 13.0. The summed E-state index contributed by atoms with van der Waals surface area (Å²) in [6.07, 6.45) is 1.79. The van der Waals surface area contributed by atoms with Crippen molar-refractivity contribution in [3.8, 4) is 11.5 Å². The van der Waals surface area contributed by atoms with E-state index in [1.54, 1.807) is 20.4 Å². The number of nitrogens with zero attached hydrogens (tertiary/aromatic N) is 3. The lowest BCUT2D eigenvalue weighted by molar-refractivity contribution is 0.354. The molecule has 0 aliphatic rings. The van der Waals surface area contributed by atoms with E-state index < -0.39 is 0 Å². The van der Waals surface area contributed by atoms with Crippen LogP contribution >= 0.6 is 0 Å². The minimum atomic E-state index is 0.723. The van der Waals surface area contributed by atoms with E-state index in [-0.39, 0.29) is 0 Å². The summed E-state index contributed by atoms with van der Waals surface area (Å²) in [4.78, 5) is 10.9. The number of hydrogen-bond acceptors (Lipinski definition) is 5. The number of methoxy groups -OCH3 is 2. The molecule has 2 aromatic rings.